The van der Waals surface area contributed by atoms with Crippen LogP contribution in [0.25, 0.3) is 5.82 Å². The fourth-order valence-electron chi connectivity index (χ4n) is 1.83. The zero-order valence-electron chi connectivity index (χ0n) is 11.5. The van der Waals surface area contributed by atoms with Crippen LogP contribution in [0, 0.1) is 6.92 Å². The Morgan fingerprint density at radius 2 is 2.10 bits per heavy atom. The van der Waals surface area contributed by atoms with Crippen LogP contribution in [-0.4, -0.2) is 35.5 Å². The second-order valence-electron chi connectivity index (χ2n) is 4.33. The van der Waals surface area contributed by atoms with Crippen molar-refractivity contribution in [2.75, 3.05) is 0 Å². The molecule has 8 nitrogen and oxygen atoms in total. The van der Waals surface area contributed by atoms with Crippen molar-refractivity contribution in [2.24, 2.45) is 7.05 Å². The Balaban J connectivity index is 1.86. The monoisotopic (exact) mass is 284 g/mol. The summed E-state index contributed by atoms with van der Waals surface area (Å²) >= 11 is 0. The first-order valence-corrected chi connectivity index (χ1v) is 6.18. The molecule has 0 aromatic carbocycles. The van der Waals surface area contributed by atoms with Gasteiger partial charge in [0.25, 0.3) is 0 Å². The third-order valence-corrected chi connectivity index (χ3v) is 2.92. The van der Waals surface area contributed by atoms with E-state index in [0.29, 0.717) is 23.0 Å². The molecule has 0 N–H and O–H groups in total. The highest BCUT2D eigenvalue weighted by atomic mass is 16.5. The van der Waals surface area contributed by atoms with Gasteiger partial charge in [-0.1, -0.05) is 0 Å². The lowest BCUT2D eigenvalue weighted by Gasteiger charge is -2.07. The van der Waals surface area contributed by atoms with E-state index in [1.165, 1.54) is 22.0 Å². The lowest BCUT2D eigenvalue weighted by atomic mass is 10.2. The molecule has 0 aliphatic heterocycles. The van der Waals surface area contributed by atoms with Crippen LogP contribution >= 0.6 is 0 Å². The molecule has 0 radical (unpaired) electrons. The van der Waals surface area contributed by atoms with Gasteiger partial charge in [0.15, 0.2) is 5.82 Å². The Morgan fingerprint density at radius 1 is 1.24 bits per heavy atom. The number of hydrogen-bond donors (Lipinski definition) is 0. The first-order chi connectivity index (χ1) is 10.1. The predicted octanol–water partition coefficient (Wildman–Crippen LogP) is 0.923. The molecule has 0 unspecified atom stereocenters. The molecular formula is C13H12N6O2. The average molecular weight is 284 g/mol. The SMILES string of the molecule is Cc1nc(-n2cncn2)ccc1C(=O)Oc1ccnn1C. The fraction of sp³-hybridized carbons (Fsp3) is 0.154. The maximum atomic E-state index is 12.1. The van der Waals surface area contributed by atoms with Crippen LogP contribution < -0.4 is 4.74 Å². The number of esters is 1. The number of hydrogen-bond acceptors (Lipinski definition) is 6. The number of rotatable bonds is 3. The van der Waals surface area contributed by atoms with Crippen LogP contribution in [0.3, 0.4) is 0 Å². The van der Waals surface area contributed by atoms with E-state index in [1.54, 1.807) is 38.4 Å². The Morgan fingerprint density at radius 3 is 2.71 bits per heavy atom. The lowest BCUT2D eigenvalue weighted by molar-refractivity contribution is 0.0719. The molecule has 0 aliphatic rings. The quantitative estimate of drug-likeness (QED) is 0.665. The van der Waals surface area contributed by atoms with E-state index in [2.05, 4.69) is 20.2 Å². The maximum Gasteiger partial charge on any atom is 0.346 e. The molecule has 3 aromatic rings. The summed E-state index contributed by atoms with van der Waals surface area (Å²) in [6.45, 7) is 1.74. The molecule has 3 heterocycles. The van der Waals surface area contributed by atoms with Crippen LogP contribution in [0.4, 0.5) is 0 Å². The molecule has 0 saturated heterocycles. The van der Waals surface area contributed by atoms with Crippen molar-refractivity contribution in [3.63, 3.8) is 0 Å². The van der Waals surface area contributed by atoms with Gasteiger partial charge in [0.05, 0.1) is 17.5 Å². The van der Waals surface area contributed by atoms with Gasteiger partial charge in [0.2, 0.25) is 5.88 Å². The number of ether oxygens (including phenoxy) is 1. The number of aryl methyl sites for hydroxylation is 2. The first-order valence-electron chi connectivity index (χ1n) is 6.18. The van der Waals surface area contributed by atoms with Crippen molar-refractivity contribution < 1.29 is 9.53 Å². The number of nitrogens with zero attached hydrogens (tertiary/aromatic N) is 6. The lowest BCUT2D eigenvalue weighted by Crippen LogP contribution is -2.14. The van der Waals surface area contributed by atoms with Crippen molar-refractivity contribution in [1.82, 2.24) is 29.5 Å². The highest BCUT2D eigenvalue weighted by molar-refractivity contribution is 5.92. The van der Waals surface area contributed by atoms with E-state index in [-0.39, 0.29) is 0 Å². The zero-order chi connectivity index (χ0) is 14.8. The molecule has 0 saturated carbocycles. The molecule has 0 atom stereocenters. The van der Waals surface area contributed by atoms with Crippen LogP contribution in [0.15, 0.2) is 37.1 Å². The number of pyridine rings is 1. The van der Waals surface area contributed by atoms with Crippen molar-refractivity contribution in [2.45, 2.75) is 6.92 Å². The summed E-state index contributed by atoms with van der Waals surface area (Å²) in [4.78, 5) is 20.3. The minimum atomic E-state index is -0.478. The van der Waals surface area contributed by atoms with E-state index in [0.717, 1.165) is 0 Å². The van der Waals surface area contributed by atoms with Gasteiger partial charge in [-0.15, -0.1) is 0 Å². The standard InChI is InChI=1S/C13H12N6O2/c1-9-10(13(20)21-12-5-6-15-18(12)2)3-4-11(17-9)19-8-14-7-16-19/h3-8H,1-2H3. The predicted molar refractivity (Wildman–Crippen MR) is 72.1 cm³/mol. The van der Waals surface area contributed by atoms with E-state index < -0.39 is 5.97 Å². The first kappa shape index (κ1) is 13.0. The molecule has 3 rings (SSSR count). The Hall–Kier alpha value is -3.03. The molecule has 0 amide bonds. The highest BCUT2D eigenvalue weighted by Crippen LogP contribution is 2.14. The molecule has 3 aromatic heterocycles. The minimum Gasteiger partial charge on any atom is -0.404 e. The van der Waals surface area contributed by atoms with Gasteiger partial charge in [-0.3, -0.25) is 0 Å². The van der Waals surface area contributed by atoms with Crippen molar-refractivity contribution >= 4 is 5.97 Å². The second kappa shape index (κ2) is 5.16. The smallest absolute Gasteiger partial charge is 0.346 e. The summed E-state index contributed by atoms with van der Waals surface area (Å²) in [6.07, 6.45) is 4.51. The molecule has 21 heavy (non-hydrogen) atoms. The van der Waals surface area contributed by atoms with Gasteiger partial charge in [0.1, 0.15) is 12.7 Å². The number of aromatic nitrogens is 6. The molecule has 106 valence electrons. The molecule has 0 spiro atoms. The molecule has 0 aliphatic carbocycles. The molecule has 0 fully saturated rings. The highest BCUT2D eigenvalue weighted by Gasteiger charge is 2.15. The van der Waals surface area contributed by atoms with Gasteiger partial charge < -0.3 is 4.74 Å². The summed E-state index contributed by atoms with van der Waals surface area (Å²) in [5.74, 6) is 0.482. The van der Waals surface area contributed by atoms with Gasteiger partial charge in [-0.25, -0.2) is 24.1 Å². The van der Waals surface area contributed by atoms with E-state index in [4.69, 9.17) is 4.74 Å². The van der Waals surface area contributed by atoms with Crippen LogP contribution in [0.2, 0.25) is 0 Å². The van der Waals surface area contributed by atoms with Gasteiger partial charge in [-0.05, 0) is 19.1 Å². The van der Waals surface area contributed by atoms with Gasteiger partial charge in [-0.2, -0.15) is 10.2 Å². The topological polar surface area (TPSA) is 87.7 Å². The summed E-state index contributed by atoms with van der Waals surface area (Å²) in [6, 6.07) is 4.95. The second-order valence-corrected chi connectivity index (χ2v) is 4.33. The third-order valence-electron chi connectivity index (χ3n) is 2.92. The summed E-state index contributed by atoms with van der Waals surface area (Å²) in [7, 11) is 1.70. The van der Waals surface area contributed by atoms with Gasteiger partial charge >= 0.3 is 5.97 Å². The largest absolute Gasteiger partial charge is 0.404 e. The Bertz CT molecular complexity index is 778. The number of carbonyl (C=O) groups excluding carboxylic acids is 1. The van der Waals surface area contributed by atoms with Crippen molar-refractivity contribution in [1.29, 1.82) is 0 Å². The molecular weight excluding hydrogens is 272 g/mol. The summed E-state index contributed by atoms with van der Waals surface area (Å²) < 4.78 is 8.26. The average Bonchev–Trinajstić information content (AvgIpc) is 3.11. The van der Waals surface area contributed by atoms with Crippen molar-refractivity contribution in [3.05, 3.63) is 48.3 Å². The van der Waals surface area contributed by atoms with Crippen LogP contribution in [0.1, 0.15) is 16.1 Å². The van der Waals surface area contributed by atoms with Crippen LogP contribution in [-0.2, 0) is 7.05 Å². The molecule has 0 bridgehead atoms. The normalized spacial score (nSPS) is 10.6. The maximum absolute atomic E-state index is 12.1. The van der Waals surface area contributed by atoms with E-state index in [9.17, 15) is 4.79 Å². The summed E-state index contributed by atoms with van der Waals surface area (Å²) in [5.41, 5.74) is 0.940. The van der Waals surface area contributed by atoms with Crippen LogP contribution in [0.5, 0.6) is 5.88 Å². The Labute approximate surface area is 120 Å². The Kier molecular flexibility index (Phi) is 3.19. The van der Waals surface area contributed by atoms with E-state index in [1.807, 2.05) is 0 Å². The van der Waals surface area contributed by atoms with Crippen molar-refractivity contribution in [3.8, 4) is 11.7 Å². The molecule has 8 heteroatoms. The summed E-state index contributed by atoms with van der Waals surface area (Å²) in [5, 5.41) is 7.93. The van der Waals surface area contributed by atoms with Gasteiger partial charge in [0, 0.05) is 13.1 Å². The fourth-order valence-corrected chi connectivity index (χ4v) is 1.83. The minimum absolute atomic E-state index is 0.375. The third kappa shape index (κ3) is 2.50. The van der Waals surface area contributed by atoms with E-state index >= 15 is 0 Å². The number of carbonyl (C=O) groups is 1. The zero-order valence-corrected chi connectivity index (χ0v) is 11.5.